The Bertz CT molecular complexity index is 486. The number of likely N-dealkylation sites (tertiary alicyclic amines) is 1. The van der Waals surface area contributed by atoms with Crippen LogP contribution in [0, 0.1) is 0 Å². The number of ether oxygens (including phenoxy) is 1. The summed E-state index contributed by atoms with van der Waals surface area (Å²) < 4.78 is 4.95. The molecular formula is C16H25N3O2S. The summed E-state index contributed by atoms with van der Waals surface area (Å²) in [5, 5.41) is 4.21. The number of methoxy groups -OCH3 is 1. The fraction of sp³-hybridized carbons (Fsp3) is 0.750. The van der Waals surface area contributed by atoms with E-state index in [0.717, 1.165) is 32.4 Å². The molecule has 1 aromatic rings. The first-order valence-electron chi connectivity index (χ1n) is 8.28. The monoisotopic (exact) mass is 323 g/mol. The number of urea groups is 1. The highest BCUT2D eigenvalue weighted by atomic mass is 32.1. The van der Waals surface area contributed by atoms with Crippen LogP contribution in [0.2, 0.25) is 0 Å². The molecule has 0 radical (unpaired) electrons. The SMILES string of the molecule is COCCNC(=O)N1CCC(c2nc3c(s2)CCCC3)CC1. The minimum Gasteiger partial charge on any atom is -0.383 e. The first kappa shape index (κ1) is 15.7. The maximum atomic E-state index is 12.0. The van der Waals surface area contributed by atoms with E-state index in [4.69, 9.17) is 9.72 Å². The van der Waals surface area contributed by atoms with Gasteiger partial charge in [-0.15, -0.1) is 11.3 Å². The molecule has 1 aliphatic carbocycles. The van der Waals surface area contributed by atoms with Gasteiger partial charge in [-0.3, -0.25) is 0 Å². The van der Waals surface area contributed by atoms with Gasteiger partial charge in [0, 0.05) is 37.5 Å². The molecule has 0 aromatic carbocycles. The molecule has 2 amide bonds. The molecule has 6 heteroatoms. The Morgan fingerprint density at radius 1 is 1.36 bits per heavy atom. The van der Waals surface area contributed by atoms with Crippen molar-refractivity contribution in [3.8, 4) is 0 Å². The number of nitrogens with one attached hydrogen (secondary N) is 1. The highest BCUT2D eigenvalue weighted by Gasteiger charge is 2.27. The molecule has 0 atom stereocenters. The maximum Gasteiger partial charge on any atom is 0.317 e. The van der Waals surface area contributed by atoms with Crippen LogP contribution < -0.4 is 5.32 Å². The third-order valence-corrected chi connectivity index (χ3v) is 5.90. The van der Waals surface area contributed by atoms with Crippen molar-refractivity contribution in [2.75, 3.05) is 33.4 Å². The molecule has 22 heavy (non-hydrogen) atoms. The number of carbonyl (C=O) groups excluding carboxylic acids is 1. The number of carbonyl (C=O) groups is 1. The van der Waals surface area contributed by atoms with Crippen LogP contribution in [0.15, 0.2) is 0 Å². The fourth-order valence-electron chi connectivity index (χ4n) is 3.25. The molecular weight excluding hydrogens is 298 g/mol. The lowest BCUT2D eigenvalue weighted by molar-refractivity contribution is 0.169. The minimum absolute atomic E-state index is 0.0360. The predicted molar refractivity (Wildman–Crippen MR) is 87.6 cm³/mol. The van der Waals surface area contributed by atoms with Crippen molar-refractivity contribution in [2.45, 2.75) is 44.4 Å². The summed E-state index contributed by atoms with van der Waals surface area (Å²) in [6.07, 6.45) is 7.04. The number of thiazole rings is 1. The van der Waals surface area contributed by atoms with Crippen molar-refractivity contribution in [3.63, 3.8) is 0 Å². The van der Waals surface area contributed by atoms with Gasteiger partial charge in [-0.25, -0.2) is 9.78 Å². The molecule has 122 valence electrons. The molecule has 1 aromatic heterocycles. The van der Waals surface area contributed by atoms with E-state index >= 15 is 0 Å². The molecule has 1 saturated heterocycles. The van der Waals surface area contributed by atoms with Crippen LogP contribution in [0.5, 0.6) is 0 Å². The quantitative estimate of drug-likeness (QED) is 0.867. The average Bonchev–Trinajstić information content (AvgIpc) is 2.99. The van der Waals surface area contributed by atoms with Crippen molar-refractivity contribution in [1.29, 1.82) is 0 Å². The van der Waals surface area contributed by atoms with Crippen molar-refractivity contribution in [1.82, 2.24) is 15.2 Å². The van der Waals surface area contributed by atoms with Crippen LogP contribution in [-0.4, -0.2) is 49.3 Å². The van der Waals surface area contributed by atoms with Crippen LogP contribution in [-0.2, 0) is 17.6 Å². The van der Waals surface area contributed by atoms with Gasteiger partial charge < -0.3 is 15.0 Å². The lowest BCUT2D eigenvalue weighted by atomic mass is 9.97. The number of piperidine rings is 1. The molecule has 2 aliphatic rings. The summed E-state index contributed by atoms with van der Waals surface area (Å²) in [5.74, 6) is 0.540. The number of aryl methyl sites for hydroxylation is 2. The maximum absolute atomic E-state index is 12.0. The highest BCUT2D eigenvalue weighted by molar-refractivity contribution is 7.11. The van der Waals surface area contributed by atoms with E-state index in [1.807, 2.05) is 16.2 Å². The van der Waals surface area contributed by atoms with E-state index in [2.05, 4.69) is 5.32 Å². The summed E-state index contributed by atoms with van der Waals surface area (Å²) in [4.78, 5) is 20.3. The Morgan fingerprint density at radius 2 is 2.14 bits per heavy atom. The van der Waals surface area contributed by atoms with Gasteiger partial charge in [0.25, 0.3) is 0 Å². The van der Waals surface area contributed by atoms with Crippen LogP contribution >= 0.6 is 11.3 Å². The zero-order valence-electron chi connectivity index (χ0n) is 13.3. The Balaban J connectivity index is 1.51. The molecule has 1 N–H and O–H groups in total. The van der Waals surface area contributed by atoms with Crippen molar-refractivity contribution < 1.29 is 9.53 Å². The largest absolute Gasteiger partial charge is 0.383 e. The third-order valence-electron chi connectivity index (χ3n) is 4.58. The number of rotatable bonds is 4. The van der Waals surface area contributed by atoms with E-state index in [-0.39, 0.29) is 6.03 Å². The van der Waals surface area contributed by atoms with Crippen LogP contribution in [0.25, 0.3) is 0 Å². The number of hydrogen-bond donors (Lipinski definition) is 1. The standard InChI is InChI=1S/C16H25N3O2S/c1-21-11-8-17-16(20)19-9-6-12(7-10-19)15-18-13-4-2-3-5-14(13)22-15/h12H,2-11H2,1H3,(H,17,20). The Kier molecular flexibility index (Phi) is 5.31. The van der Waals surface area contributed by atoms with E-state index in [1.165, 1.54) is 34.8 Å². The minimum atomic E-state index is 0.0360. The lowest BCUT2D eigenvalue weighted by Crippen LogP contribution is -2.44. The number of hydrogen-bond acceptors (Lipinski definition) is 4. The van der Waals surface area contributed by atoms with Gasteiger partial charge in [0.1, 0.15) is 0 Å². The zero-order chi connectivity index (χ0) is 15.4. The second-order valence-corrected chi connectivity index (χ2v) is 7.23. The normalized spacial score (nSPS) is 19.0. The molecule has 0 unspecified atom stereocenters. The number of amides is 2. The van der Waals surface area contributed by atoms with Crippen molar-refractivity contribution in [3.05, 3.63) is 15.6 Å². The second kappa shape index (κ2) is 7.42. The van der Waals surface area contributed by atoms with E-state index in [0.29, 0.717) is 19.1 Å². The Hall–Kier alpha value is -1.14. The first-order valence-corrected chi connectivity index (χ1v) is 9.09. The molecule has 0 saturated carbocycles. The first-order chi connectivity index (χ1) is 10.8. The highest BCUT2D eigenvalue weighted by Crippen LogP contribution is 2.35. The third kappa shape index (κ3) is 3.60. The zero-order valence-corrected chi connectivity index (χ0v) is 14.1. The van der Waals surface area contributed by atoms with E-state index in [9.17, 15) is 4.79 Å². The number of fused-ring (bicyclic) bond motifs is 1. The number of aromatic nitrogens is 1. The summed E-state index contributed by atoms with van der Waals surface area (Å²) in [7, 11) is 1.64. The van der Waals surface area contributed by atoms with Crippen molar-refractivity contribution in [2.24, 2.45) is 0 Å². The molecule has 0 bridgehead atoms. The van der Waals surface area contributed by atoms with E-state index < -0.39 is 0 Å². The molecule has 0 spiro atoms. The van der Waals surface area contributed by atoms with Crippen molar-refractivity contribution >= 4 is 17.4 Å². The molecule has 2 heterocycles. The van der Waals surface area contributed by atoms with Crippen LogP contribution in [0.4, 0.5) is 4.79 Å². The topological polar surface area (TPSA) is 54.5 Å². The summed E-state index contributed by atoms with van der Waals surface area (Å²) in [6, 6.07) is 0.0360. The molecule has 3 rings (SSSR count). The second-order valence-electron chi connectivity index (χ2n) is 6.12. The van der Waals surface area contributed by atoms with Crippen LogP contribution in [0.3, 0.4) is 0 Å². The Labute approximate surface area is 136 Å². The van der Waals surface area contributed by atoms with Gasteiger partial charge in [-0.1, -0.05) is 0 Å². The van der Waals surface area contributed by atoms with Gasteiger partial charge >= 0.3 is 6.03 Å². The Morgan fingerprint density at radius 3 is 2.86 bits per heavy atom. The van der Waals surface area contributed by atoms with Gasteiger partial charge in [0.15, 0.2) is 0 Å². The molecule has 1 fully saturated rings. The summed E-state index contributed by atoms with van der Waals surface area (Å²) in [6.45, 7) is 2.79. The molecule has 5 nitrogen and oxygen atoms in total. The summed E-state index contributed by atoms with van der Waals surface area (Å²) in [5.41, 5.74) is 1.35. The van der Waals surface area contributed by atoms with E-state index in [1.54, 1.807) is 7.11 Å². The average molecular weight is 323 g/mol. The van der Waals surface area contributed by atoms with Gasteiger partial charge in [0.2, 0.25) is 0 Å². The summed E-state index contributed by atoms with van der Waals surface area (Å²) >= 11 is 1.92. The fourth-order valence-corrected chi connectivity index (χ4v) is 4.57. The number of nitrogens with zero attached hydrogens (tertiary/aromatic N) is 2. The lowest BCUT2D eigenvalue weighted by Gasteiger charge is -2.31. The van der Waals surface area contributed by atoms with Gasteiger partial charge in [0.05, 0.1) is 17.3 Å². The molecule has 1 aliphatic heterocycles. The van der Waals surface area contributed by atoms with Gasteiger partial charge in [-0.2, -0.15) is 0 Å². The predicted octanol–water partition coefficient (Wildman–Crippen LogP) is 2.56. The smallest absolute Gasteiger partial charge is 0.317 e. The van der Waals surface area contributed by atoms with Crippen LogP contribution in [0.1, 0.15) is 47.2 Å². The van der Waals surface area contributed by atoms with Gasteiger partial charge in [-0.05, 0) is 38.5 Å².